The molecule has 0 radical (unpaired) electrons. The topological polar surface area (TPSA) is 77.2 Å². The third-order valence-corrected chi connectivity index (χ3v) is 5.03. The maximum Gasteiger partial charge on any atom is 0.277 e. The quantitative estimate of drug-likeness (QED) is 0.808. The molecule has 1 amide bonds. The lowest BCUT2D eigenvalue weighted by Crippen LogP contribution is -2.37. The monoisotopic (exact) mass is 347 g/mol. The summed E-state index contributed by atoms with van der Waals surface area (Å²) in [5, 5.41) is 11.3. The summed E-state index contributed by atoms with van der Waals surface area (Å²) in [4.78, 5) is 12.2. The fourth-order valence-electron chi connectivity index (χ4n) is 2.70. The molecule has 6 nitrogen and oxygen atoms in total. The molecule has 1 N–H and O–H groups in total. The second-order valence-corrected chi connectivity index (χ2v) is 7.14. The Bertz CT molecular complexity index is 681. The van der Waals surface area contributed by atoms with Gasteiger partial charge in [-0.3, -0.25) is 4.79 Å². The number of amides is 1. The Morgan fingerprint density at radius 1 is 1.29 bits per heavy atom. The summed E-state index contributed by atoms with van der Waals surface area (Å²) < 4.78 is 10.8. The van der Waals surface area contributed by atoms with E-state index in [4.69, 9.17) is 9.15 Å². The summed E-state index contributed by atoms with van der Waals surface area (Å²) in [6.07, 6.45) is 4.54. The number of carbonyl (C=O) groups is 1. The molecular weight excluding hydrogens is 326 g/mol. The van der Waals surface area contributed by atoms with Crippen molar-refractivity contribution < 1.29 is 13.9 Å². The molecule has 0 aliphatic heterocycles. The van der Waals surface area contributed by atoms with Gasteiger partial charge in [-0.25, -0.2) is 0 Å². The van der Waals surface area contributed by atoms with Gasteiger partial charge in [-0.2, -0.15) is 0 Å². The Morgan fingerprint density at radius 3 is 2.67 bits per heavy atom. The van der Waals surface area contributed by atoms with Gasteiger partial charge < -0.3 is 14.5 Å². The summed E-state index contributed by atoms with van der Waals surface area (Å²) in [7, 11) is 1.62. The number of aromatic nitrogens is 2. The summed E-state index contributed by atoms with van der Waals surface area (Å²) in [6, 6.07) is 7.71. The highest BCUT2D eigenvalue weighted by Crippen LogP contribution is 2.27. The van der Waals surface area contributed by atoms with Crippen molar-refractivity contribution in [1.29, 1.82) is 0 Å². The SMILES string of the molecule is COc1ccc(-c2nnc(SC(C)C(=O)NC3CCCC3)o2)cc1. The Morgan fingerprint density at radius 2 is 2.00 bits per heavy atom. The Kier molecular flexibility index (Phi) is 5.40. The molecule has 0 spiro atoms. The summed E-state index contributed by atoms with van der Waals surface area (Å²) in [5.74, 6) is 1.23. The highest BCUT2D eigenvalue weighted by Gasteiger charge is 2.23. The molecule has 7 heteroatoms. The number of hydrogen-bond acceptors (Lipinski definition) is 6. The zero-order chi connectivity index (χ0) is 16.9. The van der Waals surface area contributed by atoms with Crippen molar-refractivity contribution >= 4 is 17.7 Å². The smallest absolute Gasteiger partial charge is 0.277 e. The number of ether oxygens (including phenoxy) is 1. The maximum atomic E-state index is 12.2. The first-order valence-electron chi connectivity index (χ1n) is 8.10. The zero-order valence-corrected chi connectivity index (χ0v) is 14.6. The van der Waals surface area contributed by atoms with E-state index < -0.39 is 0 Å². The van der Waals surface area contributed by atoms with E-state index in [1.807, 2.05) is 31.2 Å². The van der Waals surface area contributed by atoms with E-state index in [1.165, 1.54) is 24.6 Å². The van der Waals surface area contributed by atoms with Crippen molar-refractivity contribution in [3.8, 4) is 17.2 Å². The normalized spacial score (nSPS) is 16.1. The van der Waals surface area contributed by atoms with Crippen molar-refractivity contribution in [3.63, 3.8) is 0 Å². The van der Waals surface area contributed by atoms with Crippen LogP contribution in [0, 0.1) is 0 Å². The Labute approximate surface area is 145 Å². The summed E-state index contributed by atoms with van der Waals surface area (Å²) in [6.45, 7) is 1.85. The van der Waals surface area contributed by atoms with Gasteiger partial charge in [0.15, 0.2) is 0 Å². The van der Waals surface area contributed by atoms with Crippen molar-refractivity contribution in [2.75, 3.05) is 7.11 Å². The standard InChI is InChI=1S/C17H21N3O3S/c1-11(15(21)18-13-5-3-4-6-13)24-17-20-19-16(23-17)12-7-9-14(22-2)10-8-12/h7-11,13H,3-6H2,1-2H3,(H,18,21). The number of nitrogens with zero attached hydrogens (tertiary/aromatic N) is 2. The van der Waals surface area contributed by atoms with Crippen molar-refractivity contribution in [2.24, 2.45) is 0 Å². The molecule has 1 unspecified atom stereocenters. The molecule has 1 aromatic heterocycles. The van der Waals surface area contributed by atoms with Gasteiger partial charge in [0, 0.05) is 11.6 Å². The van der Waals surface area contributed by atoms with Crippen LogP contribution in [0.15, 0.2) is 33.9 Å². The zero-order valence-electron chi connectivity index (χ0n) is 13.8. The van der Waals surface area contributed by atoms with Crippen LogP contribution in [0.3, 0.4) is 0 Å². The van der Waals surface area contributed by atoms with E-state index in [2.05, 4.69) is 15.5 Å². The van der Waals surface area contributed by atoms with Gasteiger partial charge in [-0.15, -0.1) is 10.2 Å². The fourth-order valence-corrected chi connectivity index (χ4v) is 3.39. The van der Waals surface area contributed by atoms with Gasteiger partial charge >= 0.3 is 0 Å². The van der Waals surface area contributed by atoms with Gasteiger partial charge in [0.2, 0.25) is 11.8 Å². The van der Waals surface area contributed by atoms with E-state index in [9.17, 15) is 4.79 Å². The molecule has 1 aliphatic carbocycles. The lowest BCUT2D eigenvalue weighted by atomic mass is 10.2. The van der Waals surface area contributed by atoms with Gasteiger partial charge in [0.05, 0.1) is 12.4 Å². The third kappa shape index (κ3) is 4.08. The molecule has 1 aliphatic rings. The predicted molar refractivity (Wildman–Crippen MR) is 92.0 cm³/mol. The number of methoxy groups -OCH3 is 1. The first-order valence-corrected chi connectivity index (χ1v) is 8.98. The molecule has 1 fully saturated rings. The molecule has 24 heavy (non-hydrogen) atoms. The highest BCUT2D eigenvalue weighted by atomic mass is 32.2. The van der Waals surface area contributed by atoms with Crippen LogP contribution < -0.4 is 10.1 Å². The number of rotatable bonds is 6. The molecule has 0 saturated heterocycles. The lowest BCUT2D eigenvalue weighted by Gasteiger charge is -2.14. The second kappa shape index (κ2) is 7.70. The van der Waals surface area contributed by atoms with Crippen molar-refractivity contribution in [2.45, 2.75) is 49.1 Å². The average Bonchev–Trinajstić information content (AvgIpc) is 3.27. The average molecular weight is 347 g/mol. The van der Waals surface area contributed by atoms with E-state index in [1.54, 1.807) is 7.11 Å². The number of hydrogen-bond donors (Lipinski definition) is 1. The number of carbonyl (C=O) groups excluding carboxylic acids is 1. The van der Waals surface area contributed by atoms with Crippen LogP contribution in [0.25, 0.3) is 11.5 Å². The van der Waals surface area contributed by atoms with Crippen LogP contribution in [0.1, 0.15) is 32.6 Å². The minimum atomic E-state index is -0.269. The minimum absolute atomic E-state index is 0.0242. The van der Waals surface area contributed by atoms with Gasteiger partial charge in [0.25, 0.3) is 5.22 Å². The van der Waals surface area contributed by atoms with Crippen LogP contribution in [-0.2, 0) is 4.79 Å². The Hall–Kier alpha value is -2.02. The second-order valence-electron chi connectivity index (χ2n) is 5.85. The first kappa shape index (κ1) is 16.8. The van der Waals surface area contributed by atoms with Crippen molar-refractivity contribution in [3.05, 3.63) is 24.3 Å². The third-order valence-electron chi connectivity index (χ3n) is 4.09. The molecule has 128 valence electrons. The van der Waals surface area contributed by atoms with Gasteiger partial charge in [-0.1, -0.05) is 24.6 Å². The van der Waals surface area contributed by atoms with Gasteiger partial charge in [0.1, 0.15) is 5.75 Å². The fraction of sp³-hybridized carbons (Fsp3) is 0.471. The van der Waals surface area contributed by atoms with Crippen molar-refractivity contribution in [1.82, 2.24) is 15.5 Å². The largest absolute Gasteiger partial charge is 0.497 e. The number of benzene rings is 1. The molecule has 1 saturated carbocycles. The van der Waals surface area contributed by atoms with E-state index in [0.717, 1.165) is 24.2 Å². The number of thioether (sulfide) groups is 1. The summed E-state index contributed by atoms with van der Waals surface area (Å²) >= 11 is 1.28. The molecule has 0 bridgehead atoms. The van der Waals surface area contributed by atoms with Gasteiger partial charge in [-0.05, 0) is 44.0 Å². The maximum absolute atomic E-state index is 12.2. The van der Waals surface area contributed by atoms with Crippen LogP contribution in [0.4, 0.5) is 0 Å². The van der Waals surface area contributed by atoms with E-state index in [0.29, 0.717) is 17.2 Å². The molecule has 1 atom stereocenters. The van der Waals surface area contributed by atoms with E-state index in [-0.39, 0.29) is 11.2 Å². The van der Waals surface area contributed by atoms with E-state index >= 15 is 0 Å². The highest BCUT2D eigenvalue weighted by molar-refractivity contribution is 8.00. The molecule has 1 aromatic carbocycles. The molecule has 2 aromatic rings. The molecule has 1 heterocycles. The van der Waals surface area contributed by atoms with Crippen LogP contribution in [0.5, 0.6) is 5.75 Å². The van der Waals surface area contributed by atoms with Crippen LogP contribution in [0.2, 0.25) is 0 Å². The predicted octanol–water partition coefficient (Wildman–Crippen LogP) is 3.28. The van der Waals surface area contributed by atoms with Crippen LogP contribution in [-0.4, -0.2) is 34.5 Å². The lowest BCUT2D eigenvalue weighted by molar-refractivity contribution is -0.120. The molecule has 3 rings (SSSR count). The molecular formula is C17H21N3O3S. The van der Waals surface area contributed by atoms with Crippen LogP contribution >= 0.6 is 11.8 Å². The minimum Gasteiger partial charge on any atom is -0.497 e. The summed E-state index contributed by atoms with van der Waals surface area (Å²) in [5.41, 5.74) is 0.818. The number of nitrogens with one attached hydrogen (secondary N) is 1. The Balaban J connectivity index is 1.59. The first-order chi connectivity index (χ1) is 11.7.